The van der Waals surface area contributed by atoms with Crippen molar-refractivity contribution >= 4 is 5.91 Å². The zero-order valence-electron chi connectivity index (χ0n) is 14.2. The molecule has 1 amide bonds. The van der Waals surface area contributed by atoms with E-state index in [0.29, 0.717) is 29.3 Å². The summed E-state index contributed by atoms with van der Waals surface area (Å²) in [6.07, 6.45) is 6.64. The van der Waals surface area contributed by atoms with E-state index in [1.54, 1.807) is 0 Å². The molecule has 1 aromatic heterocycles. The van der Waals surface area contributed by atoms with Crippen LogP contribution >= 0.6 is 0 Å². The number of nitrogens with zero attached hydrogens (tertiary/aromatic N) is 1. The van der Waals surface area contributed by atoms with Gasteiger partial charge in [-0.05, 0) is 49.1 Å². The van der Waals surface area contributed by atoms with Gasteiger partial charge in [0.15, 0.2) is 17.8 Å². The number of ether oxygens (including phenoxy) is 1. The number of carbonyl (C=O) groups excluding carboxylic acids is 1. The summed E-state index contributed by atoms with van der Waals surface area (Å²) in [6, 6.07) is 8.75. The lowest BCUT2D eigenvalue weighted by atomic mass is 9.95. The highest BCUT2D eigenvalue weighted by atomic mass is 16.5. The van der Waals surface area contributed by atoms with Crippen molar-refractivity contribution in [1.82, 2.24) is 10.3 Å². The molecule has 3 atom stereocenters. The Morgan fingerprint density at radius 3 is 3.16 bits per heavy atom. The van der Waals surface area contributed by atoms with E-state index in [0.717, 1.165) is 25.9 Å². The Morgan fingerprint density at radius 2 is 2.28 bits per heavy atom. The average molecular weight is 338 g/mol. The summed E-state index contributed by atoms with van der Waals surface area (Å²) in [6.45, 7) is 1.42. The molecular formula is C20H22N2O3. The van der Waals surface area contributed by atoms with E-state index in [4.69, 9.17) is 9.15 Å². The average Bonchev–Trinajstić information content (AvgIpc) is 3.08. The Hall–Kier alpha value is -2.14. The Labute approximate surface area is 146 Å². The summed E-state index contributed by atoms with van der Waals surface area (Å²) in [5.41, 5.74) is 3.66. The van der Waals surface area contributed by atoms with Crippen molar-refractivity contribution in [3.05, 3.63) is 53.2 Å². The van der Waals surface area contributed by atoms with Crippen LogP contribution in [0.5, 0.6) is 0 Å². The zero-order chi connectivity index (χ0) is 16.9. The Kier molecular flexibility index (Phi) is 3.45. The van der Waals surface area contributed by atoms with Gasteiger partial charge in [0.1, 0.15) is 6.10 Å². The molecule has 3 unspecified atom stereocenters. The van der Waals surface area contributed by atoms with Crippen LogP contribution in [-0.2, 0) is 16.6 Å². The van der Waals surface area contributed by atoms with E-state index in [2.05, 4.69) is 34.6 Å². The van der Waals surface area contributed by atoms with Crippen LogP contribution in [0.4, 0.5) is 0 Å². The van der Waals surface area contributed by atoms with Gasteiger partial charge in [0.25, 0.3) is 5.91 Å². The Bertz CT molecular complexity index is 809. The third-order valence-electron chi connectivity index (χ3n) is 6.17. The first-order valence-corrected chi connectivity index (χ1v) is 9.19. The van der Waals surface area contributed by atoms with E-state index in [1.165, 1.54) is 30.4 Å². The maximum atomic E-state index is 12.6. The molecule has 2 fully saturated rings. The molecule has 2 aromatic rings. The van der Waals surface area contributed by atoms with Gasteiger partial charge in [-0.1, -0.05) is 24.3 Å². The van der Waals surface area contributed by atoms with E-state index in [1.807, 2.05) is 0 Å². The van der Waals surface area contributed by atoms with Crippen LogP contribution in [0.25, 0.3) is 0 Å². The first-order chi connectivity index (χ1) is 12.3. The molecule has 0 bridgehead atoms. The number of rotatable bonds is 4. The van der Waals surface area contributed by atoms with E-state index in [9.17, 15) is 4.79 Å². The fourth-order valence-corrected chi connectivity index (χ4v) is 4.74. The summed E-state index contributed by atoms with van der Waals surface area (Å²) < 4.78 is 11.1. The van der Waals surface area contributed by atoms with E-state index >= 15 is 0 Å². The van der Waals surface area contributed by atoms with Crippen molar-refractivity contribution < 1.29 is 13.9 Å². The van der Waals surface area contributed by atoms with Gasteiger partial charge in [-0.3, -0.25) is 4.79 Å². The fourth-order valence-electron chi connectivity index (χ4n) is 4.74. The second kappa shape index (κ2) is 5.70. The fraction of sp³-hybridized carbons (Fsp3) is 0.500. The lowest BCUT2D eigenvalue weighted by molar-refractivity contribution is 0.0860. The number of benzene rings is 1. The van der Waals surface area contributed by atoms with Gasteiger partial charge in [-0.2, -0.15) is 0 Å². The molecule has 1 spiro atoms. The van der Waals surface area contributed by atoms with Crippen molar-refractivity contribution in [2.45, 2.75) is 43.6 Å². The monoisotopic (exact) mass is 338 g/mol. The quantitative estimate of drug-likeness (QED) is 0.930. The predicted octanol–water partition coefficient (Wildman–Crippen LogP) is 3.16. The highest BCUT2D eigenvalue weighted by molar-refractivity contribution is 5.93. The largest absolute Gasteiger partial charge is 0.445 e. The SMILES string of the molecule is O=C(NCC1CC12CCc1ccccc12)c1ncoc1C1CCCO1. The molecule has 2 aliphatic carbocycles. The molecular weight excluding hydrogens is 316 g/mol. The highest BCUT2D eigenvalue weighted by Crippen LogP contribution is 2.61. The summed E-state index contributed by atoms with van der Waals surface area (Å²) in [5.74, 6) is 0.956. The molecule has 3 aliphatic rings. The molecule has 1 aromatic carbocycles. The molecule has 130 valence electrons. The van der Waals surface area contributed by atoms with Crippen LogP contribution in [0.15, 0.2) is 35.1 Å². The maximum Gasteiger partial charge on any atom is 0.273 e. The van der Waals surface area contributed by atoms with Crippen LogP contribution in [0, 0.1) is 5.92 Å². The topological polar surface area (TPSA) is 64.4 Å². The Balaban J connectivity index is 1.25. The summed E-state index contributed by atoms with van der Waals surface area (Å²) in [5, 5.41) is 3.08. The number of carbonyl (C=O) groups is 1. The number of aromatic nitrogens is 1. The molecule has 5 heteroatoms. The standard InChI is InChI=1S/C20H22N2O3/c23-19(17-18(25-12-22-17)16-6-3-9-24-16)21-11-14-10-20(14)8-7-13-4-1-2-5-15(13)20/h1-2,4-5,12,14,16H,3,6-11H2,(H,21,23). The third kappa shape index (κ3) is 2.41. The second-order valence-electron chi connectivity index (χ2n) is 7.49. The van der Waals surface area contributed by atoms with E-state index in [-0.39, 0.29) is 12.0 Å². The molecule has 1 saturated heterocycles. The van der Waals surface area contributed by atoms with Gasteiger partial charge >= 0.3 is 0 Å². The summed E-state index contributed by atoms with van der Waals surface area (Å²) >= 11 is 0. The molecule has 1 N–H and O–H groups in total. The number of oxazole rings is 1. The number of hydrogen-bond acceptors (Lipinski definition) is 4. The van der Waals surface area contributed by atoms with Gasteiger partial charge in [0.05, 0.1) is 0 Å². The zero-order valence-corrected chi connectivity index (χ0v) is 14.2. The van der Waals surface area contributed by atoms with Crippen LogP contribution in [0.3, 0.4) is 0 Å². The van der Waals surface area contributed by atoms with E-state index < -0.39 is 0 Å². The lowest BCUT2D eigenvalue weighted by Crippen LogP contribution is -2.28. The maximum absolute atomic E-state index is 12.6. The smallest absolute Gasteiger partial charge is 0.273 e. The number of hydrogen-bond donors (Lipinski definition) is 1. The molecule has 0 radical (unpaired) electrons. The van der Waals surface area contributed by atoms with Gasteiger partial charge < -0.3 is 14.5 Å². The third-order valence-corrected chi connectivity index (χ3v) is 6.17. The van der Waals surface area contributed by atoms with Crippen LogP contribution in [-0.4, -0.2) is 24.0 Å². The Morgan fingerprint density at radius 1 is 1.36 bits per heavy atom. The summed E-state index contributed by atoms with van der Waals surface area (Å²) in [7, 11) is 0. The lowest BCUT2D eigenvalue weighted by Gasteiger charge is -2.12. The molecule has 5 rings (SSSR count). The number of nitrogens with one attached hydrogen (secondary N) is 1. The van der Waals surface area contributed by atoms with Crippen molar-refractivity contribution in [3.8, 4) is 0 Å². The molecule has 2 heterocycles. The van der Waals surface area contributed by atoms with Crippen molar-refractivity contribution in [2.75, 3.05) is 13.2 Å². The normalized spacial score (nSPS) is 29.8. The first kappa shape index (κ1) is 15.1. The van der Waals surface area contributed by atoms with Crippen LogP contribution in [0.2, 0.25) is 0 Å². The number of fused-ring (bicyclic) bond motifs is 2. The van der Waals surface area contributed by atoms with Crippen molar-refractivity contribution in [3.63, 3.8) is 0 Å². The second-order valence-corrected chi connectivity index (χ2v) is 7.49. The molecule has 5 nitrogen and oxygen atoms in total. The molecule has 1 saturated carbocycles. The van der Waals surface area contributed by atoms with Crippen LogP contribution < -0.4 is 5.32 Å². The highest BCUT2D eigenvalue weighted by Gasteiger charge is 2.57. The van der Waals surface area contributed by atoms with Crippen molar-refractivity contribution in [1.29, 1.82) is 0 Å². The summed E-state index contributed by atoms with van der Waals surface area (Å²) in [4.78, 5) is 16.7. The van der Waals surface area contributed by atoms with Crippen LogP contribution in [0.1, 0.15) is 59.2 Å². The van der Waals surface area contributed by atoms with Gasteiger partial charge in [-0.25, -0.2) is 4.98 Å². The van der Waals surface area contributed by atoms with Gasteiger partial charge in [0, 0.05) is 18.6 Å². The van der Waals surface area contributed by atoms with Gasteiger partial charge in [0.2, 0.25) is 0 Å². The molecule has 1 aliphatic heterocycles. The molecule has 25 heavy (non-hydrogen) atoms. The minimum Gasteiger partial charge on any atom is -0.445 e. The van der Waals surface area contributed by atoms with Gasteiger partial charge in [-0.15, -0.1) is 0 Å². The van der Waals surface area contributed by atoms with Crippen molar-refractivity contribution in [2.24, 2.45) is 5.92 Å². The number of amides is 1. The number of aryl methyl sites for hydroxylation is 1. The first-order valence-electron chi connectivity index (χ1n) is 9.19. The minimum absolute atomic E-state index is 0.128. The minimum atomic E-state index is -0.146. The predicted molar refractivity (Wildman–Crippen MR) is 91.3 cm³/mol.